The number of aliphatic hydroxyl groups excluding tert-OH is 1. The van der Waals surface area contributed by atoms with Crippen molar-refractivity contribution in [2.45, 2.75) is 14.0 Å². The van der Waals surface area contributed by atoms with Gasteiger partial charge >= 0.3 is 0 Å². The molecule has 0 aromatic heterocycles. The molecule has 2 aromatic rings. The van der Waals surface area contributed by atoms with Crippen LogP contribution < -0.4 is 14.8 Å². The molecule has 0 saturated heterocycles. The molecule has 1 aliphatic rings. The average molecular weight is 345 g/mol. The number of aromatic hydroxyl groups is 2. The van der Waals surface area contributed by atoms with E-state index in [4.69, 9.17) is 14.6 Å². The second-order valence-electron chi connectivity index (χ2n) is 5.09. The molecular formula is C18H19NO6. The molecule has 3 rings (SSSR count). The van der Waals surface area contributed by atoms with Crippen molar-refractivity contribution in [1.82, 2.24) is 0 Å². The van der Waals surface area contributed by atoms with Gasteiger partial charge in [0.25, 0.3) is 0 Å². The molecule has 7 nitrogen and oxygen atoms in total. The fourth-order valence-electron chi connectivity index (χ4n) is 2.21. The maximum atomic E-state index is 12.0. The first-order valence-electron chi connectivity index (χ1n) is 7.11. The van der Waals surface area contributed by atoms with Gasteiger partial charge in [-0.15, -0.1) is 0 Å². The van der Waals surface area contributed by atoms with Gasteiger partial charge in [0.1, 0.15) is 11.5 Å². The second-order valence-corrected chi connectivity index (χ2v) is 5.09. The normalized spacial score (nSPS) is 12.0. The van der Waals surface area contributed by atoms with E-state index in [-0.39, 0.29) is 38.0 Å². The third kappa shape index (κ3) is 4.02. The van der Waals surface area contributed by atoms with Crippen molar-refractivity contribution in [3.05, 3.63) is 47.5 Å². The van der Waals surface area contributed by atoms with Crippen LogP contribution in [0, 0.1) is 0 Å². The summed E-state index contributed by atoms with van der Waals surface area (Å²) in [5, 5.41) is 31.0. The summed E-state index contributed by atoms with van der Waals surface area (Å²) in [7, 11) is 0. The van der Waals surface area contributed by atoms with Gasteiger partial charge in [-0.25, -0.2) is 0 Å². The highest BCUT2D eigenvalue weighted by molar-refractivity contribution is 6.03. The molecule has 0 unspecified atom stereocenters. The topological polar surface area (TPSA) is 108 Å². The van der Waals surface area contributed by atoms with Crippen molar-refractivity contribution < 1.29 is 29.6 Å². The van der Waals surface area contributed by atoms with Crippen LogP contribution >= 0.6 is 0 Å². The number of carbonyl (C=O) groups excluding carboxylic acids is 1. The molecule has 0 bridgehead atoms. The molecule has 0 radical (unpaired) electrons. The molecule has 25 heavy (non-hydrogen) atoms. The van der Waals surface area contributed by atoms with Gasteiger partial charge in [-0.1, -0.05) is 13.5 Å². The Balaban J connectivity index is 0.00000225. The van der Waals surface area contributed by atoms with Crippen LogP contribution in [0.1, 0.15) is 18.6 Å². The molecule has 0 fully saturated rings. The largest absolute Gasteiger partial charge is 0.508 e. The van der Waals surface area contributed by atoms with E-state index in [1.54, 1.807) is 12.1 Å². The Morgan fingerprint density at radius 2 is 1.84 bits per heavy atom. The number of hydrogen-bond acceptors (Lipinski definition) is 6. The molecule has 0 aliphatic carbocycles. The molecule has 0 spiro atoms. The summed E-state index contributed by atoms with van der Waals surface area (Å²) in [4.78, 5) is 12.0. The molecule has 2 aromatic carbocycles. The van der Waals surface area contributed by atoms with E-state index in [2.05, 4.69) is 5.32 Å². The predicted molar refractivity (Wildman–Crippen MR) is 92.7 cm³/mol. The Bertz CT molecular complexity index is 815. The van der Waals surface area contributed by atoms with Crippen molar-refractivity contribution in [3.8, 4) is 23.0 Å². The Hall–Kier alpha value is -3.19. The first kappa shape index (κ1) is 18.2. The number of carbonyl (C=O) groups is 1. The summed E-state index contributed by atoms with van der Waals surface area (Å²) in [6.45, 7) is -0.231. The predicted octanol–water partition coefficient (Wildman–Crippen LogP) is 2.61. The molecule has 0 saturated carbocycles. The number of phenols is 2. The highest BCUT2D eigenvalue weighted by atomic mass is 16.7. The minimum Gasteiger partial charge on any atom is -0.508 e. The monoisotopic (exact) mass is 345 g/mol. The average Bonchev–Trinajstić information content (AvgIpc) is 3.01. The number of rotatable bonds is 4. The van der Waals surface area contributed by atoms with Gasteiger partial charge < -0.3 is 30.1 Å². The quantitative estimate of drug-likeness (QED) is 0.501. The standard InChI is InChI=1S/C17H15NO6.CH4/c19-8-11-5-10(1-3-13(11)20)2-4-17(22)18-12-6-15-16(7-14(12)21)24-9-23-15;/h1-7,19-21H,8-9H2,(H,18,22);1H4/b4-2+;. The first-order chi connectivity index (χ1) is 11.6. The smallest absolute Gasteiger partial charge is 0.248 e. The van der Waals surface area contributed by atoms with E-state index in [1.807, 2.05) is 0 Å². The number of benzene rings is 2. The van der Waals surface area contributed by atoms with Crippen LogP contribution in [0.4, 0.5) is 5.69 Å². The molecular weight excluding hydrogens is 326 g/mol. The van der Waals surface area contributed by atoms with Gasteiger partial charge in [0.15, 0.2) is 11.5 Å². The number of phenolic OH excluding ortho intramolecular Hbond substituents is 1. The van der Waals surface area contributed by atoms with Crippen LogP contribution in [-0.2, 0) is 11.4 Å². The van der Waals surface area contributed by atoms with Gasteiger partial charge in [0.05, 0.1) is 12.3 Å². The third-order valence-electron chi connectivity index (χ3n) is 3.45. The van der Waals surface area contributed by atoms with Gasteiger partial charge in [0.2, 0.25) is 12.7 Å². The number of fused-ring (bicyclic) bond motifs is 1. The van der Waals surface area contributed by atoms with Crippen LogP contribution in [0.3, 0.4) is 0 Å². The van der Waals surface area contributed by atoms with Crippen LogP contribution in [0.25, 0.3) is 6.08 Å². The van der Waals surface area contributed by atoms with Crippen molar-refractivity contribution >= 4 is 17.7 Å². The highest BCUT2D eigenvalue weighted by Gasteiger charge is 2.17. The molecule has 1 aliphatic heterocycles. The van der Waals surface area contributed by atoms with E-state index in [1.165, 1.54) is 30.4 Å². The molecule has 132 valence electrons. The van der Waals surface area contributed by atoms with E-state index >= 15 is 0 Å². The number of hydrogen-bond donors (Lipinski definition) is 4. The number of amides is 1. The van der Waals surface area contributed by atoms with Crippen molar-refractivity contribution in [1.29, 1.82) is 0 Å². The molecule has 7 heteroatoms. The van der Waals surface area contributed by atoms with Crippen LogP contribution in [0.15, 0.2) is 36.4 Å². The maximum absolute atomic E-state index is 12.0. The maximum Gasteiger partial charge on any atom is 0.248 e. The van der Waals surface area contributed by atoms with Crippen molar-refractivity contribution in [2.24, 2.45) is 0 Å². The third-order valence-corrected chi connectivity index (χ3v) is 3.45. The lowest BCUT2D eigenvalue weighted by molar-refractivity contribution is -0.111. The summed E-state index contributed by atoms with van der Waals surface area (Å²) in [5.74, 6) is 0.264. The van der Waals surface area contributed by atoms with Crippen molar-refractivity contribution in [2.75, 3.05) is 12.1 Å². The zero-order chi connectivity index (χ0) is 17.1. The molecule has 4 N–H and O–H groups in total. The van der Waals surface area contributed by atoms with E-state index in [0.29, 0.717) is 22.6 Å². The van der Waals surface area contributed by atoms with Gasteiger partial charge in [-0.05, 0) is 23.8 Å². The summed E-state index contributed by atoms with van der Waals surface area (Å²) in [5.41, 5.74) is 1.21. The van der Waals surface area contributed by atoms with E-state index in [0.717, 1.165) is 0 Å². The summed E-state index contributed by atoms with van der Waals surface area (Å²) >= 11 is 0. The molecule has 1 heterocycles. The lowest BCUT2D eigenvalue weighted by Crippen LogP contribution is -2.07. The van der Waals surface area contributed by atoms with Crippen LogP contribution in [0.2, 0.25) is 0 Å². The Kier molecular flexibility index (Phi) is 5.51. The zero-order valence-corrected chi connectivity index (χ0v) is 12.5. The number of ether oxygens (including phenoxy) is 2. The van der Waals surface area contributed by atoms with Gasteiger partial charge in [-0.2, -0.15) is 0 Å². The number of nitrogens with one attached hydrogen (secondary N) is 1. The van der Waals surface area contributed by atoms with Crippen molar-refractivity contribution in [3.63, 3.8) is 0 Å². The fraction of sp³-hybridized carbons (Fsp3) is 0.167. The number of aliphatic hydroxyl groups is 1. The SMILES string of the molecule is C.O=C(/C=C/c1ccc(O)c(CO)c1)Nc1cc2c(cc1O)OCO2. The lowest BCUT2D eigenvalue weighted by atomic mass is 10.1. The summed E-state index contributed by atoms with van der Waals surface area (Å²) in [6.07, 6.45) is 2.80. The fourth-order valence-corrected chi connectivity index (χ4v) is 2.21. The summed E-state index contributed by atoms with van der Waals surface area (Å²) < 4.78 is 10.3. The van der Waals surface area contributed by atoms with Gasteiger partial charge in [-0.3, -0.25) is 4.79 Å². The Morgan fingerprint density at radius 3 is 2.56 bits per heavy atom. The first-order valence-corrected chi connectivity index (χ1v) is 7.11. The second kappa shape index (κ2) is 7.59. The van der Waals surface area contributed by atoms with E-state index in [9.17, 15) is 15.0 Å². The van der Waals surface area contributed by atoms with E-state index < -0.39 is 5.91 Å². The summed E-state index contributed by atoms with van der Waals surface area (Å²) in [6, 6.07) is 7.46. The lowest BCUT2D eigenvalue weighted by Gasteiger charge is -2.06. The molecule has 0 atom stereocenters. The Morgan fingerprint density at radius 1 is 1.12 bits per heavy atom. The van der Waals surface area contributed by atoms with Crippen LogP contribution in [0.5, 0.6) is 23.0 Å². The number of anilines is 1. The Labute approximate surface area is 144 Å². The van der Waals surface area contributed by atoms with Gasteiger partial charge in [0, 0.05) is 23.8 Å². The highest BCUT2D eigenvalue weighted by Crippen LogP contribution is 2.40. The zero-order valence-electron chi connectivity index (χ0n) is 12.5. The minimum atomic E-state index is -0.456. The molecule has 1 amide bonds. The van der Waals surface area contributed by atoms with Crippen LogP contribution in [-0.4, -0.2) is 28.0 Å². The minimum absolute atomic E-state index is 0.